The topological polar surface area (TPSA) is 88.1 Å². The predicted molar refractivity (Wildman–Crippen MR) is 86.8 cm³/mol. The van der Waals surface area contributed by atoms with Gasteiger partial charge in [-0.25, -0.2) is 4.68 Å². The summed E-state index contributed by atoms with van der Waals surface area (Å²) in [4.78, 5) is 4.20. The molecule has 118 valence electrons. The van der Waals surface area contributed by atoms with Crippen molar-refractivity contribution in [2.75, 3.05) is 20.0 Å². The van der Waals surface area contributed by atoms with E-state index >= 15 is 0 Å². The van der Waals surface area contributed by atoms with Crippen molar-refractivity contribution in [2.45, 2.75) is 6.92 Å². The van der Waals surface area contributed by atoms with Crippen LogP contribution in [0.25, 0.3) is 16.9 Å². The number of rotatable bonds is 4. The number of ether oxygens (including phenoxy) is 2. The second kappa shape index (κ2) is 5.96. The standard InChI is InChI=1S/C16H17N5O2/c1-10-7-11(9-18-8-10)21-15(16(17)19-20-21)14-12(22-2)5-4-6-13(14)23-3/h4-9H,17H2,1-3H3. The molecule has 0 spiro atoms. The van der Waals surface area contributed by atoms with E-state index in [9.17, 15) is 0 Å². The summed E-state index contributed by atoms with van der Waals surface area (Å²) in [6, 6.07) is 7.47. The van der Waals surface area contributed by atoms with Crippen LogP contribution in [0.3, 0.4) is 0 Å². The number of aryl methyl sites for hydroxylation is 1. The Labute approximate surface area is 133 Å². The van der Waals surface area contributed by atoms with Gasteiger partial charge in [0, 0.05) is 6.20 Å². The summed E-state index contributed by atoms with van der Waals surface area (Å²) < 4.78 is 12.6. The summed E-state index contributed by atoms with van der Waals surface area (Å²) in [7, 11) is 3.19. The third kappa shape index (κ3) is 2.57. The van der Waals surface area contributed by atoms with Crippen LogP contribution in [-0.2, 0) is 0 Å². The second-order valence-corrected chi connectivity index (χ2v) is 4.99. The summed E-state index contributed by atoms with van der Waals surface area (Å²) in [5, 5.41) is 8.15. The Kier molecular flexibility index (Phi) is 3.84. The molecule has 0 aliphatic carbocycles. The first-order valence-electron chi connectivity index (χ1n) is 7.00. The van der Waals surface area contributed by atoms with Gasteiger partial charge in [-0.3, -0.25) is 4.98 Å². The number of hydrogen-bond donors (Lipinski definition) is 1. The Bertz CT molecular complexity index is 822. The zero-order chi connectivity index (χ0) is 16.4. The SMILES string of the molecule is COc1cccc(OC)c1-c1c(N)nnn1-c1cncc(C)c1. The lowest BCUT2D eigenvalue weighted by atomic mass is 10.1. The number of methoxy groups -OCH3 is 2. The van der Waals surface area contributed by atoms with Crippen molar-refractivity contribution in [2.24, 2.45) is 0 Å². The van der Waals surface area contributed by atoms with E-state index in [-0.39, 0.29) is 5.82 Å². The minimum atomic E-state index is 0.286. The van der Waals surface area contributed by atoms with Gasteiger partial charge in [-0.2, -0.15) is 0 Å². The monoisotopic (exact) mass is 311 g/mol. The van der Waals surface area contributed by atoms with Crippen molar-refractivity contribution in [1.82, 2.24) is 20.0 Å². The van der Waals surface area contributed by atoms with Crippen molar-refractivity contribution in [3.8, 4) is 28.4 Å². The highest BCUT2D eigenvalue weighted by molar-refractivity contribution is 5.81. The molecule has 1 aromatic carbocycles. The zero-order valence-corrected chi connectivity index (χ0v) is 13.1. The number of nitrogens with zero attached hydrogens (tertiary/aromatic N) is 4. The number of pyridine rings is 1. The molecule has 2 aromatic heterocycles. The van der Waals surface area contributed by atoms with Crippen molar-refractivity contribution in [1.29, 1.82) is 0 Å². The molecule has 0 saturated carbocycles. The van der Waals surface area contributed by atoms with E-state index in [0.29, 0.717) is 22.8 Å². The van der Waals surface area contributed by atoms with Crippen molar-refractivity contribution in [3.05, 3.63) is 42.2 Å². The van der Waals surface area contributed by atoms with Gasteiger partial charge < -0.3 is 15.2 Å². The summed E-state index contributed by atoms with van der Waals surface area (Å²) in [5.41, 5.74) is 9.14. The van der Waals surface area contributed by atoms with E-state index in [4.69, 9.17) is 15.2 Å². The molecule has 0 amide bonds. The first-order valence-corrected chi connectivity index (χ1v) is 7.00. The molecule has 2 heterocycles. The molecular weight excluding hydrogens is 294 g/mol. The fraction of sp³-hybridized carbons (Fsp3) is 0.188. The van der Waals surface area contributed by atoms with Gasteiger partial charge in [-0.05, 0) is 30.7 Å². The number of nitrogen functional groups attached to an aromatic ring is 1. The highest BCUT2D eigenvalue weighted by Gasteiger charge is 2.22. The largest absolute Gasteiger partial charge is 0.496 e. The average molecular weight is 311 g/mol. The summed E-state index contributed by atoms with van der Waals surface area (Å²) in [6.07, 6.45) is 3.47. The number of anilines is 1. The van der Waals surface area contributed by atoms with Crippen LogP contribution in [0.15, 0.2) is 36.7 Å². The van der Waals surface area contributed by atoms with Crippen LogP contribution in [0.5, 0.6) is 11.5 Å². The molecule has 0 aliphatic heterocycles. The van der Waals surface area contributed by atoms with Crippen molar-refractivity contribution < 1.29 is 9.47 Å². The fourth-order valence-corrected chi connectivity index (χ4v) is 2.45. The molecule has 7 heteroatoms. The number of aromatic nitrogens is 4. The van der Waals surface area contributed by atoms with E-state index in [2.05, 4.69) is 15.3 Å². The maximum atomic E-state index is 6.07. The second-order valence-electron chi connectivity index (χ2n) is 4.99. The van der Waals surface area contributed by atoms with E-state index in [1.165, 1.54) is 0 Å². The fourth-order valence-electron chi connectivity index (χ4n) is 2.45. The van der Waals surface area contributed by atoms with Crippen LogP contribution in [0.2, 0.25) is 0 Å². The quantitative estimate of drug-likeness (QED) is 0.795. The maximum absolute atomic E-state index is 6.07. The Balaban J connectivity index is 2.29. The van der Waals surface area contributed by atoms with Gasteiger partial charge in [0.2, 0.25) is 0 Å². The lowest BCUT2D eigenvalue weighted by molar-refractivity contribution is 0.397. The third-order valence-corrected chi connectivity index (χ3v) is 3.47. The molecule has 0 aliphatic rings. The smallest absolute Gasteiger partial charge is 0.174 e. The van der Waals surface area contributed by atoms with Gasteiger partial charge in [0.05, 0.1) is 31.7 Å². The summed E-state index contributed by atoms with van der Waals surface area (Å²) >= 11 is 0. The predicted octanol–water partition coefficient (Wildman–Crippen LogP) is 2.24. The third-order valence-electron chi connectivity index (χ3n) is 3.47. The van der Waals surface area contributed by atoms with E-state index in [0.717, 1.165) is 11.3 Å². The Morgan fingerprint density at radius 3 is 2.39 bits per heavy atom. The highest BCUT2D eigenvalue weighted by atomic mass is 16.5. The van der Waals surface area contributed by atoms with Crippen molar-refractivity contribution >= 4 is 5.82 Å². The lowest BCUT2D eigenvalue weighted by Crippen LogP contribution is -2.03. The minimum absolute atomic E-state index is 0.286. The molecule has 23 heavy (non-hydrogen) atoms. The Morgan fingerprint density at radius 1 is 1.09 bits per heavy atom. The molecule has 2 N–H and O–H groups in total. The van der Waals surface area contributed by atoms with E-state index < -0.39 is 0 Å². The maximum Gasteiger partial charge on any atom is 0.174 e. The molecule has 0 saturated heterocycles. The number of hydrogen-bond acceptors (Lipinski definition) is 6. The van der Waals surface area contributed by atoms with Gasteiger partial charge in [-0.1, -0.05) is 11.3 Å². The Hall–Kier alpha value is -3.09. The normalized spacial score (nSPS) is 10.6. The first-order chi connectivity index (χ1) is 11.2. The minimum Gasteiger partial charge on any atom is -0.496 e. The van der Waals surface area contributed by atoms with Crippen LogP contribution < -0.4 is 15.2 Å². The molecule has 0 fully saturated rings. The molecule has 3 rings (SSSR count). The molecule has 7 nitrogen and oxygen atoms in total. The highest BCUT2D eigenvalue weighted by Crippen LogP contribution is 2.40. The van der Waals surface area contributed by atoms with Gasteiger partial charge in [0.1, 0.15) is 17.2 Å². The van der Waals surface area contributed by atoms with E-state index in [1.54, 1.807) is 31.3 Å². The van der Waals surface area contributed by atoms with Crippen LogP contribution in [0.4, 0.5) is 5.82 Å². The Morgan fingerprint density at radius 2 is 1.78 bits per heavy atom. The van der Waals surface area contributed by atoms with E-state index in [1.807, 2.05) is 31.2 Å². The first kappa shape index (κ1) is 14.8. The summed E-state index contributed by atoms with van der Waals surface area (Å²) in [6.45, 7) is 1.96. The van der Waals surface area contributed by atoms with Crippen LogP contribution in [0, 0.1) is 6.92 Å². The van der Waals surface area contributed by atoms with Crippen molar-refractivity contribution in [3.63, 3.8) is 0 Å². The van der Waals surface area contributed by atoms with Gasteiger partial charge in [-0.15, -0.1) is 5.10 Å². The van der Waals surface area contributed by atoms with Crippen LogP contribution >= 0.6 is 0 Å². The molecular formula is C16H17N5O2. The van der Waals surface area contributed by atoms with Crippen LogP contribution in [0.1, 0.15) is 5.56 Å². The zero-order valence-electron chi connectivity index (χ0n) is 13.1. The number of benzene rings is 1. The van der Waals surface area contributed by atoms with Gasteiger partial charge in [0.15, 0.2) is 5.82 Å². The van der Waals surface area contributed by atoms with Gasteiger partial charge >= 0.3 is 0 Å². The molecule has 3 aromatic rings. The average Bonchev–Trinajstić information content (AvgIpc) is 2.95. The molecule has 0 radical (unpaired) electrons. The summed E-state index contributed by atoms with van der Waals surface area (Å²) in [5.74, 6) is 1.54. The lowest BCUT2D eigenvalue weighted by Gasteiger charge is -2.14. The molecule has 0 bridgehead atoms. The molecule has 0 unspecified atom stereocenters. The van der Waals surface area contributed by atoms with Crippen LogP contribution in [-0.4, -0.2) is 34.2 Å². The van der Waals surface area contributed by atoms with Gasteiger partial charge in [0.25, 0.3) is 0 Å². The number of nitrogens with two attached hydrogens (primary N) is 1. The molecule has 0 atom stereocenters.